The number of nitrogens with zero attached hydrogens (tertiary/aromatic N) is 5. The first-order valence-electron chi connectivity index (χ1n) is 12.3. The Morgan fingerprint density at radius 3 is 2.26 bits per heavy atom. The Balaban J connectivity index is 1.37. The lowest BCUT2D eigenvalue weighted by Crippen LogP contribution is -2.20. The largest absolute Gasteiger partial charge is 0.324 e. The number of amides is 2. The van der Waals surface area contributed by atoms with Gasteiger partial charge in [-0.25, -0.2) is 4.99 Å². The van der Waals surface area contributed by atoms with E-state index in [2.05, 4.69) is 25.4 Å². The van der Waals surface area contributed by atoms with Crippen molar-refractivity contribution in [1.82, 2.24) is 0 Å². The highest BCUT2D eigenvalue weighted by molar-refractivity contribution is 6.39. The minimum Gasteiger partial charge on any atom is -0.324 e. The summed E-state index contributed by atoms with van der Waals surface area (Å²) in [5.74, 6) is -0.547. The molecule has 3 aromatic rings. The van der Waals surface area contributed by atoms with Gasteiger partial charge >= 0.3 is 0 Å². The van der Waals surface area contributed by atoms with Crippen molar-refractivity contribution in [1.29, 1.82) is 0 Å². The molecular weight excluding hydrogens is 492 g/mol. The smallest absolute Gasteiger partial charge is 0.267 e. The van der Waals surface area contributed by atoms with E-state index in [4.69, 9.17) is 0 Å². The molecule has 9 nitrogen and oxygen atoms in total. The molecule has 0 radical (unpaired) electrons. The number of fused-ring (bicyclic) bond motifs is 2. The summed E-state index contributed by atoms with van der Waals surface area (Å²) in [5, 5.41) is 19.0. The van der Waals surface area contributed by atoms with Crippen molar-refractivity contribution < 1.29 is 14.8 Å². The SMILES string of the molecule is O=C1CN=C(c2ccccc2)C2=C/C(=N/N(O)c3ccc4c(c3)C(c3ccccc3)=NCC(=O)N4)C=CC2=N1. The zero-order valence-electron chi connectivity index (χ0n) is 20.7. The van der Waals surface area contributed by atoms with E-state index in [0.29, 0.717) is 45.4 Å². The second kappa shape index (κ2) is 10.2. The second-order valence-corrected chi connectivity index (χ2v) is 8.94. The lowest BCUT2D eigenvalue weighted by Gasteiger charge is -2.17. The molecule has 0 aromatic heterocycles. The number of benzene rings is 3. The number of hydrazone groups is 1. The number of aliphatic imine (C=N–C) groups is 3. The summed E-state index contributed by atoms with van der Waals surface area (Å²) in [4.78, 5) is 37.6. The number of carbonyl (C=O) groups excluding carboxylic acids is 2. The van der Waals surface area contributed by atoms with Crippen molar-refractivity contribution in [3.05, 3.63) is 119 Å². The zero-order valence-corrected chi connectivity index (χ0v) is 20.7. The van der Waals surface area contributed by atoms with Gasteiger partial charge in [0.25, 0.3) is 5.91 Å². The molecule has 39 heavy (non-hydrogen) atoms. The zero-order chi connectivity index (χ0) is 26.8. The predicted molar refractivity (Wildman–Crippen MR) is 151 cm³/mol. The highest BCUT2D eigenvalue weighted by Gasteiger charge is 2.23. The fraction of sp³-hybridized carbons (Fsp3) is 0.0667. The molecule has 0 saturated heterocycles. The van der Waals surface area contributed by atoms with E-state index >= 15 is 0 Å². The van der Waals surface area contributed by atoms with Crippen LogP contribution in [0.3, 0.4) is 0 Å². The highest BCUT2D eigenvalue weighted by Crippen LogP contribution is 2.28. The van der Waals surface area contributed by atoms with Gasteiger partial charge in [-0.2, -0.15) is 0 Å². The molecule has 2 N–H and O–H groups in total. The van der Waals surface area contributed by atoms with Crippen LogP contribution in [0.4, 0.5) is 11.4 Å². The minimum atomic E-state index is -0.330. The van der Waals surface area contributed by atoms with Gasteiger partial charge in [-0.15, -0.1) is 10.3 Å². The third-order valence-electron chi connectivity index (χ3n) is 6.30. The Morgan fingerprint density at radius 2 is 1.51 bits per heavy atom. The molecule has 2 amide bonds. The number of anilines is 2. The van der Waals surface area contributed by atoms with Crippen molar-refractivity contribution in [2.24, 2.45) is 20.1 Å². The van der Waals surface area contributed by atoms with E-state index in [1.54, 1.807) is 36.4 Å². The standard InChI is InChI=1S/C30H22N6O3/c37-27-17-31-29(19-7-3-1-4-8-19)23-15-21(11-13-25(23)33-27)35-36(39)22-12-14-26-24(16-22)30(32-18-28(38)34-26)20-9-5-2-6-10-20/h1-16,39H,17-18H2,(H,34,38)/b35-21+. The molecular formula is C30H22N6O3. The second-order valence-electron chi connectivity index (χ2n) is 8.94. The van der Waals surface area contributed by atoms with Crippen LogP contribution in [0, 0.1) is 0 Å². The molecule has 3 aliphatic rings. The van der Waals surface area contributed by atoms with Crippen LogP contribution < -0.4 is 10.5 Å². The normalized spacial score (nSPS) is 17.5. The topological polar surface area (TPSA) is 119 Å². The molecule has 2 aliphatic heterocycles. The van der Waals surface area contributed by atoms with Gasteiger partial charge in [-0.1, -0.05) is 60.7 Å². The summed E-state index contributed by atoms with van der Waals surface area (Å²) < 4.78 is 0. The van der Waals surface area contributed by atoms with E-state index in [1.165, 1.54) is 0 Å². The minimum absolute atomic E-state index is 0.00453. The molecule has 2 heterocycles. The van der Waals surface area contributed by atoms with Crippen LogP contribution in [-0.4, -0.2) is 53.0 Å². The van der Waals surface area contributed by atoms with Crippen LogP contribution in [0.15, 0.2) is 123 Å². The Labute approximate surface area is 223 Å². The average Bonchev–Trinajstić information content (AvgIpc) is 3.23. The van der Waals surface area contributed by atoms with Gasteiger partial charge in [0.15, 0.2) is 0 Å². The van der Waals surface area contributed by atoms with E-state index in [0.717, 1.165) is 16.3 Å². The summed E-state index contributed by atoms with van der Waals surface area (Å²) >= 11 is 0. The fourth-order valence-electron chi connectivity index (χ4n) is 4.52. The maximum Gasteiger partial charge on any atom is 0.267 e. The first-order chi connectivity index (χ1) is 19.0. The summed E-state index contributed by atoms with van der Waals surface area (Å²) in [6.07, 6.45) is 5.11. The number of rotatable bonds is 4. The number of benzodiazepines with no additional fused rings is 1. The first kappa shape index (κ1) is 24.1. The van der Waals surface area contributed by atoms with Crippen LogP contribution in [0.5, 0.6) is 0 Å². The molecule has 0 unspecified atom stereocenters. The van der Waals surface area contributed by atoms with Gasteiger partial charge in [0.2, 0.25) is 5.91 Å². The fourth-order valence-corrected chi connectivity index (χ4v) is 4.52. The molecule has 0 fully saturated rings. The molecule has 9 heteroatoms. The molecule has 0 bridgehead atoms. The molecule has 3 aromatic carbocycles. The maximum atomic E-state index is 12.2. The van der Waals surface area contributed by atoms with Crippen LogP contribution >= 0.6 is 0 Å². The Morgan fingerprint density at radius 1 is 0.821 bits per heavy atom. The van der Waals surface area contributed by atoms with Gasteiger partial charge in [0, 0.05) is 22.3 Å². The molecule has 0 saturated carbocycles. The van der Waals surface area contributed by atoms with Crippen molar-refractivity contribution in [3.8, 4) is 0 Å². The maximum absolute atomic E-state index is 12.2. The van der Waals surface area contributed by atoms with Crippen LogP contribution in [0.2, 0.25) is 0 Å². The summed E-state index contributed by atoms with van der Waals surface area (Å²) in [5.41, 5.74) is 6.18. The Kier molecular flexibility index (Phi) is 6.32. The van der Waals surface area contributed by atoms with Crippen molar-refractivity contribution in [3.63, 3.8) is 0 Å². The number of hydrogen-bond donors (Lipinski definition) is 2. The quantitative estimate of drug-likeness (QED) is 0.404. The number of allylic oxidation sites excluding steroid dienone is 4. The van der Waals surface area contributed by atoms with Crippen molar-refractivity contribution in [2.75, 3.05) is 23.6 Å². The van der Waals surface area contributed by atoms with Gasteiger partial charge < -0.3 is 5.32 Å². The third-order valence-corrected chi connectivity index (χ3v) is 6.30. The van der Waals surface area contributed by atoms with Gasteiger partial charge in [-0.05, 0) is 36.4 Å². The van der Waals surface area contributed by atoms with E-state index in [1.807, 2.05) is 60.7 Å². The van der Waals surface area contributed by atoms with Crippen LogP contribution in [0.1, 0.15) is 16.7 Å². The lowest BCUT2D eigenvalue weighted by atomic mass is 9.93. The van der Waals surface area contributed by atoms with Crippen molar-refractivity contribution >= 4 is 46.0 Å². The summed E-state index contributed by atoms with van der Waals surface area (Å²) in [7, 11) is 0. The van der Waals surface area contributed by atoms with Crippen LogP contribution in [0.25, 0.3) is 0 Å². The average molecular weight is 515 g/mol. The number of nitrogens with one attached hydrogen (secondary N) is 1. The molecule has 0 atom stereocenters. The van der Waals surface area contributed by atoms with Gasteiger partial charge in [-0.3, -0.25) is 24.8 Å². The van der Waals surface area contributed by atoms with Crippen LogP contribution in [-0.2, 0) is 9.59 Å². The third kappa shape index (κ3) is 4.98. The molecule has 190 valence electrons. The van der Waals surface area contributed by atoms with E-state index in [-0.39, 0.29) is 24.9 Å². The highest BCUT2D eigenvalue weighted by atomic mass is 16.5. The molecule has 1 aliphatic carbocycles. The number of carbonyl (C=O) groups is 2. The number of hydrogen-bond acceptors (Lipinski definition) is 7. The lowest BCUT2D eigenvalue weighted by molar-refractivity contribution is -0.116. The van der Waals surface area contributed by atoms with E-state index < -0.39 is 0 Å². The van der Waals surface area contributed by atoms with E-state index in [9.17, 15) is 14.8 Å². The predicted octanol–water partition coefficient (Wildman–Crippen LogP) is 3.99. The van der Waals surface area contributed by atoms with Gasteiger partial charge in [0.1, 0.15) is 13.1 Å². The summed E-state index contributed by atoms with van der Waals surface area (Å²) in [6, 6.07) is 24.2. The Hall–Kier alpha value is -5.28. The summed E-state index contributed by atoms with van der Waals surface area (Å²) in [6.45, 7) is -0.0517. The molecule has 6 rings (SSSR count). The monoisotopic (exact) mass is 514 g/mol. The Bertz CT molecular complexity index is 1670. The van der Waals surface area contributed by atoms with Crippen molar-refractivity contribution in [2.45, 2.75) is 0 Å². The molecule has 0 spiro atoms. The van der Waals surface area contributed by atoms with Gasteiger partial charge in [0.05, 0.1) is 34.2 Å². The first-order valence-corrected chi connectivity index (χ1v) is 12.3.